The zero-order chi connectivity index (χ0) is 14.7. The molecule has 0 spiro atoms. The molecule has 0 amide bonds. The van der Waals surface area contributed by atoms with Gasteiger partial charge in [0.05, 0.1) is 18.3 Å². The predicted molar refractivity (Wildman–Crippen MR) is 81.2 cm³/mol. The van der Waals surface area contributed by atoms with Gasteiger partial charge in [0.15, 0.2) is 5.76 Å². The summed E-state index contributed by atoms with van der Waals surface area (Å²) in [6.07, 6.45) is 2.33. The van der Waals surface area contributed by atoms with Crippen molar-refractivity contribution in [2.45, 2.75) is 39.3 Å². The second kappa shape index (κ2) is 6.31. The first-order chi connectivity index (χ1) is 10.3. The zero-order valence-electron chi connectivity index (χ0n) is 12.7. The number of para-hydroxylation sites is 1. The lowest BCUT2D eigenvalue weighted by atomic mass is 10.1. The van der Waals surface area contributed by atoms with Gasteiger partial charge < -0.3 is 9.26 Å². The van der Waals surface area contributed by atoms with Crippen molar-refractivity contribution in [2.24, 2.45) is 0 Å². The fraction of sp³-hybridized carbons (Fsp3) is 0.471. The fourth-order valence-electron chi connectivity index (χ4n) is 3.03. The highest BCUT2D eigenvalue weighted by Gasteiger charge is 2.29. The van der Waals surface area contributed by atoms with E-state index >= 15 is 0 Å². The van der Waals surface area contributed by atoms with Gasteiger partial charge in [-0.2, -0.15) is 0 Å². The van der Waals surface area contributed by atoms with Crippen LogP contribution in [-0.4, -0.2) is 23.2 Å². The van der Waals surface area contributed by atoms with Crippen LogP contribution in [0.1, 0.15) is 42.8 Å². The van der Waals surface area contributed by atoms with E-state index in [4.69, 9.17) is 9.26 Å². The molecule has 1 aromatic heterocycles. The highest BCUT2D eigenvalue weighted by Crippen LogP contribution is 2.34. The zero-order valence-corrected chi connectivity index (χ0v) is 12.7. The van der Waals surface area contributed by atoms with Crippen LogP contribution < -0.4 is 4.74 Å². The molecule has 0 N–H and O–H groups in total. The number of ether oxygens (including phenoxy) is 1. The van der Waals surface area contributed by atoms with Crippen molar-refractivity contribution in [1.82, 2.24) is 10.1 Å². The van der Waals surface area contributed by atoms with Crippen molar-refractivity contribution < 1.29 is 9.26 Å². The molecular weight excluding hydrogens is 264 g/mol. The van der Waals surface area contributed by atoms with E-state index in [1.54, 1.807) is 0 Å². The number of hydrogen-bond acceptors (Lipinski definition) is 4. The van der Waals surface area contributed by atoms with Crippen molar-refractivity contribution in [3.8, 4) is 5.75 Å². The molecule has 1 unspecified atom stereocenters. The molecule has 2 heterocycles. The van der Waals surface area contributed by atoms with E-state index in [0.717, 1.165) is 36.7 Å². The summed E-state index contributed by atoms with van der Waals surface area (Å²) >= 11 is 0. The summed E-state index contributed by atoms with van der Waals surface area (Å²) in [7, 11) is 0. The van der Waals surface area contributed by atoms with Gasteiger partial charge in [0.2, 0.25) is 0 Å². The molecule has 2 aromatic rings. The third-order valence-electron chi connectivity index (χ3n) is 3.98. The van der Waals surface area contributed by atoms with Crippen molar-refractivity contribution in [3.05, 3.63) is 47.3 Å². The topological polar surface area (TPSA) is 38.5 Å². The molecule has 4 heteroatoms. The van der Waals surface area contributed by atoms with Crippen LogP contribution in [0.15, 0.2) is 34.9 Å². The number of rotatable bonds is 5. The van der Waals surface area contributed by atoms with Gasteiger partial charge in [0, 0.05) is 18.2 Å². The molecule has 4 nitrogen and oxygen atoms in total. The van der Waals surface area contributed by atoms with E-state index in [-0.39, 0.29) is 0 Å². The second-order valence-corrected chi connectivity index (χ2v) is 5.54. The third kappa shape index (κ3) is 3.10. The first kappa shape index (κ1) is 14.1. The summed E-state index contributed by atoms with van der Waals surface area (Å²) in [5.41, 5.74) is 2.19. The van der Waals surface area contributed by atoms with Gasteiger partial charge in [0.25, 0.3) is 0 Å². The summed E-state index contributed by atoms with van der Waals surface area (Å²) < 4.78 is 11.2. The Morgan fingerprint density at radius 3 is 3.00 bits per heavy atom. The minimum absolute atomic E-state index is 0.334. The average Bonchev–Trinajstić information content (AvgIpc) is 3.10. The van der Waals surface area contributed by atoms with E-state index in [9.17, 15) is 0 Å². The smallest absolute Gasteiger partial charge is 0.154 e. The number of likely N-dealkylation sites (tertiary alicyclic amines) is 1. The highest BCUT2D eigenvalue weighted by molar-refractivity contribution is 5.33. The molecule has 1 aromatic carbocycles. The van der Waals surface area contributed by atoms with Crippen LogP contribution in [0.2, 0.25) is 0 Å². The molecule has 21 heavy (non-hydrogen) atoms. The summed E-state index contributed by atoms with van der Waals surface area (Å²) in [6, 6.07) is 10.7. The van der Waals surface area contributed by atoms with Crippen molar-refractivity contribution in [2.75, 3.05) is 13.2 Å². The Bertz CT molecular complexity index is 594. The predicted octanol–water partition coefficient (Wildman–Crippen LogP) is 3.72. The van der Waals surface area contributed by atoms with Crippen LogP contribution in [0, 0.1) is 6.92 Å². The quantitative estimate of drug-likeness (QED) is 0.839. The summed E-state index contributed by atoms with van der Waals surface area (Å²) in [6.45, 7) is 6.66. The lowest BCUT2D eigenvalue weighted by molar-refractivity contribution is 0.203. The molecule has 1 fully saturated rings. The summed E-state index contributed by atoms with van der Waals surface area (Å²) in [5, 5.41) is 4.02. The Labute approximate surface area is 125 Å². The molecular formula is C17H22N2O2. The molecule has 0 radical (unpaired) electrons. The van der Waals surface area contributed by atoms with E-state index in [1.807, 2.05) is 26.0 Å². The molecule has 1 atom stereocenters. The highest BCUT2D eigenvalue weighted by atomic mass is 16.5. The second-order valence-electron chi connectivity index (χ2n) is 5.54. The van der Waals surface area contributed by atoms with Gasteiger partial charge >= 0.3 is 0 Å². The molecule has 1 aliphatic heterocycles. The maximum Gasteiger partial charge on any atom is 0.154 e. The van der Waals surface area contributed by atoms with Gasteiger partial charge in [0.1, 0.15) is 5.75 Å². The molecule has 0 bridgehead atoms. The lowest BCUT2D eigenvalue weighted by Crippen LogP contribution is -2.22. The van der Waals surface area contributed by atoms with Gasteiger partial charge in [-0.1, -0.05) is 23.4 Å². The van der Waals surface area contributed by atoms with Crippen LogP contribution >= 0.6 is 0 Å². The van der Waals surface area contributed by atoms with Crippen LogP contribution in [0.25, 0.3) is 0 Å². The Hall–Kier alpha value is -1.81. The molecule has 0 saturated carbocycles. The molecule has 1 saturated heterocycles. The van der Waals surface area contributed by atoms with Crippen molar-refractivity contribution in [1.29, 1.82) is 0 Å². The van der Waals surface area contributed by atoms with Crippen LogP contribution in [0.4, 0.5) is 0 Å². The maximum absolute atomic E-state index is 5.73. The maximum atomic E-state index is 5.73. The Morgan fingerprint density at radius 2 is 2.24 bits per heavy atom. The van der Waals surface area contributed by atoms with Gasteiger partial charge in [-0.05, 0) is 39.3 Å². The summed E-state index contributed by atoms with van der Waals surface area (Å²) in [4.78, 5) is 2.46. The van der Waals surface area contributed by atoms with Crippen LogP contribution in [0.3, 0.4) is 0 Å². The van der Waals surface area contributed by atoms with Gasteiger partial charge in [-0.3, -0.25) is 4.90 Å². The SMILES string of the molecule is CCOc1ccccc1CN1CCCC1c1cc(C)no1. The largest absolute Gasteiger partial charge is 0.494 e. The van der Waals surface area contributed by atoms with Crippen molar-refractivity contribution >= 4 is 0 Å². The first-order valence-corrected chi connectivity index (χ1v) is 7.66. The molecule has 112 valence electrons. The molecule has 1 aliphatic rings. The minimum atomic E-state index is 0.334. The van der Waals surface area contributed by atoms with E-state index in [1.165, 1.54) is 12.0 Å². The van der Waals surface area contributed by atoms with E-state index in [2.05, 4.69) is 28.3 Å². The van der Waals surface area contributed by atoms with Gasteiger partial charge in [-0.15, -0.1) is 0 Å². The molecule has 3 rings (SSSR count). The standard InChI is InChI=1S/C17H22N2O2/c1-3-20-16-9-5-4-7-14(16)12-19-10-6-8-15(19)17-11-13(2)18-21-17/h4-5,7,9,11,15H,3,6,8,10,12H2,1-2H3. The van der Waals surface area contributed by atoms with E-state index < -0.39 is 0 Å². The monoisotopic (exact) mass is 286 g/mol. The number of benzene rings is 1. The Morgan fingerprint density at radius 1 is 1.38 bits per heavy atom. The lowest BCUT2D eigenvalue weighted by Gasteiger charge is -2.23. The number of nitrogens with zero attached hydrogens (tertiary/aromatic N) is 2. The Kier molecular flexibility index (Phi) is 4.25. The van der Waals surface area contributed by atoms with E-state index in [0.29, 0.717) is 12.6 Å². The Balaban J connectivity index is 1.77. The molecule has 0 aliphatic carbocycles. The summed E-state index contributed by atoms with van der Waals surface area (Å²) in [5.74, 6) is 1.97. The normalized spacial score (nSPS) is 19.0. The first-order valence-electron chi connectivity index (χ1n) is 7.66. The number of aryl methyl sites for hydroxylation is 1. The fourth-order valence-corrected chi connectivity index (χ4v) is 3.03. The minimum Gasteiger partial charge on any atom is -0.494 e. The van der Waals surface area contributed by atoms with Gasteiger partial charge in [-0.25, -0.2) is 0 Å². The van der Waals surface area contributed by atoms with Crippen molar-refractivity contribution in [3.63, 3.8) is 0 Å². The number of hydrogen-bond donors (Lipinski definition) is 0. The van der Waals surface area contributed by atoms with Crippen LogP contribution in [-0.2, 0) is 6.54 Å². The third-order valence-corrected chi connectivity index (χ3v) is 3.98. The number of aromatic nitrogens is 1. The average molecular weight is 286 g/mol. The van der Waals surface area contributed by atoms with Crippen LogP contribution in [0.5, 0.6) is 5.75 Å².